The molecule has 5 heterocycles. The summed E-state index contributed by atoms with van der Waals surface area (Å²) >= 11 is 0. The number of aryl methyl sites for hydroxylation is 3. The van der Waals surface area contributed by atoms with Crippen molar-refractivity contribution in [2.75, 3.05) is 48.6 Å². The molecule has 0 aromatic carbocycles. The monoisotopic (exact) mass is 870 g/mol. The number of hydrogen-bond acceptors (Lipinski definition) is 11. The van der Waals surface area contributed by atoms with Gasteiger partial charge in [0.05, 0.1) is 41.3 Å². The number of quaternary nitrogens is 1. The summed E-state index contributed by atoms with van der Waals surface area (Å²) in [4.78, 5) is 1.07. The average molecular weight is 871 g/mol. The van der Waals surface area contributed by atoms with Crippen LogP contribution in [0.3, 0.4) is 0 Å². The number of nitrogens with one attached hydrogen (secondary N) is 1. The lowest BCUT2D eigenvalue weighted by Crippen LogP contribution is -3.07. The minimum absolute atomic E-state index is 0.150. The molecule has 17 nitrogen and oxygen atoms in total. The van der Waals surface area contributed by atoms with E-state index in [4.69, 9.17) is 13.5 Å². The molecule has 4 aromatic rings. The number of hydrogen-bond donors (Lipinski definition) is 3. The molecule has 57 heavy (non-hydrogen) atoms. The molecule has 0 amide bonds. The molecule has 21 heteroatoms. The molecule has 0 spiro atoms. The SMILES string of the molecule is CS(=O)(=O)CCC[n+]1ccc(-c2cc[n+](CCCS(=O)(=O)O)cc2)cc1.CS(=O)(=O)CCC[n+]1ccc(-c2nnc(C3=CC[NH+](CCCS(=O)(=O)O)C=C3)o2)cc1. The zero-order valence-corrected chi connectivity index (χ0v) is 35.1. The molecular formula is C36H50N6O11S4+4. The van der Waals surface area contributed by atoms with Crippen LogP contribution in [-0.2, 0) is 59.5 Å². The van der Waals surface area contributed by atoms with Crippen LogP contribution >= 0.6 is 0 Å². The lowest BCUT2D eigenvalue weighted by Gasteiger charge is -2.15. The van der Waals surface area contributed by atoms with Gasteiger partial charge in [0.1, 0.15) is 45.9 Å². The minimum atomic E-state index is -3.93. The van der Waals surface area contributed by atoms with Gasteiger partial charge in [-0.2, -0.15) is 16.8 Å². The fourth-order valence-corrected chi connectivity index (χ4v) is 7.97. The van der Waals surface area contributed by atoms with Crippen LogP contribution in [0.25, 0.3) is 28.2 Å². The highest BCUT2D eigenvalue weighted by molar-refractivity contribution is 7.90. The Morgan fingerprint density at radius 3 is 1.40 bits per heavy atom. The van der Waals surface area contributed by atoms with Crippen molar-refractivity contribution >= 4 is 45.5 Å². The molecule has 1 aliphatic rings. The Balaban J connectivity index is 0.000000257. The highest BCUT2D eigenvalue weighted by Crippen LogP contribution is 2.21. The molecule has 1 aliphatic heterocycles. The third kappa shape index (κ3) is 17.8. The predicted octanol–water partition coefficient (Wildman–Crippen LogP) is 0.174. The quantitative estimate of drug-likeness (QED) is 0.0844. The Bertz CT molecular complexity index is 2360. The second kappa shape index (κ2) is 20.4. The summed E-state index contributed by atoms with van der Waals surface area (Å²) in [5.74, 6) is 0.612. The highest BCUT2D eigenvalue weighted by atomic mass is 32.2. The van der Waals surface area contributed by atoms with Crippen molar-refractivity contribution in [3.8, 4) is 22.6 Å². The third-order valence-electron chi connectivity index (χ3n) is 8.59. The van der Waals surface area contributed by atoms with Crippen molar-refractivity contribution in [3.05, 3.63) is 97.8 Å². The molecule has 0 fully saturated rings. The number of allylic oxidation sites excluding steroid dienone is 2. The Hall–Kier alpha value is -4.25. The third-order valence-corrected chi connectivity index (χ3v) is 12.3. The number of aromatic nitrogens is 5. The Labute approximate surface area is 334 Å². The van der Waals surface area contributed by atoms with Gasteiger partial charge in [-0.25, -0.2) is 30.5 Å². The van der Waals surface area contributed by atoms with E-state index < -0.39 is 39.9 Å². The Morgan fingerprint density at radius 2 is 1.00 bits per heavy atom. The maximum absolute atomic E-state index is 11.2. The lowest BCUT2D eigenvalue weighted by molar-refractivity contribution is -0.840. The maximum atomic E-state index is 11.2. The number of rotatable bonds is 19. The van der Waals surface area contributed by atoms with Crippen molar-refractivity contribution in [3.63, 3.8) is 0 Å². The minimum Gasteiger partial charge on any atom is -0.416 e. The largest absolute Gasteiger partial charge is 0.416 e. The zero-order chi connectivity index (χ0) is 41.7. The first-order valence-electron chi connectivity index (χ1n) is 18.0. The molecule has 0 bridgehead atoms. The summed E-state index contributed by atoms with van der Waals surface area (Å²) in [5, 5.41) is 8.20. The molecule has 0 aliphatic carbocycles. The second-order valence-electron chi connectivity index (χ2n) is 13.7. The van der Waals surface area contributed by atoms with Gasteiger partial charge in [-0.3, -0.25) is 9.11 Å². The van der Waals surface area contributed by atoms with Gasteiger partial charge in [-0.05, 0) is 17.2 Å². The van der Waals surface area contributed by atoms with Crippen LogP contribution < -0.4 is 18.6 Å². The van der Waals surface area contributed by atoms with Gasteiger partial charge in [0.2, 0.25) is 11.8 Å². The van der Waals surface area contributed by atoms with Gasteiger partial charge >= 0.3 is 0 Å². The van der Waals surface area contributed by atoms with Crippen LogP contribution in [-0.4, -0.2) is 102 Å². The normalized spacial score (nSPS) is 14.8. The number of pyridine rings is 3. The standard InChI is InChI=1S/C19H24N4O6S2.C17H23N2O5S2/c1-30(24,25)14-2-8-22-10-4-16(5-11-22)18-20-21-19(29-18)17-6-12-23(13-7-17)9-3-15-31(26,27)28;1-25(20,21)14-2-8-18-10-4-16(5-11-18)17-6-12-19(13-7-17)9-3-15-26(22,23)24/h4-7,10-12H,2-3,8-9,13-15H2,1H3;4-7,10-13H,2-3,8-9,14-15H2,1H3/q;+1/p+3. The molecule has 0 radical (unpaired) electrons. The molecule has 0 saturated heterocycles. The smallest absolute Gasteiger partial charge is 0.265 e. The zero-order valence-electron chi connectivity index (χ0n) is 31.8. The average Bonchev–Trinajstić information content (AvgIpc) is 3.62. The van der Waals surface area contributed by atoms with E-state index in [1.165, 1.54) is 12.5 Å². The van der Waals surface area contributed by atoms with Gasteiger partial charge in [-0.1, -0.05) is 0 Å². The fourth-order valence-electron chi connectivity index (χ4n) is 5.66. The molecular weight excluding hydrogens is 821 g/mol. The van der Waals surface area contributed by atoms with Crippen LogP contribution in [0.1, 0.15) is 31.6 Å². The van der Waals surface area contributed by atoms with Crippen molar-refractivity contribution in [1.29, 1.82) is 0 Å². The van der Waals surface area contributed by atoms with Crippen molar-refractivity contribution < 1.29 is 65.8 Å². The van der Waals surface area contributed by atoms with E-state index >= 15 is 0 Å². The summed E-state index contributed by atoms with van der Waals surface area (Å²) in [5.41, 5.74) is 3.62. The molecule has 310 valence electrons. The molecule has 5 rings (SSSR count). The highest BCUT2D eigenvalue weighted by Gasteiger charge is 2.18. The predicted molar refractivity (Wildman–Crippen MR) is 211 cm³/mol. The summed E-state index contributed by atoms with van der Waals surface area (Å²) in [6, 6.07) is 11.5. The van der Waals surface area contributed by atoms with Crippen molar-refractivity contribution in [2.24, 2.45) is 0 Å². The Kier molecular flexibility index (Phi) is 16.3. The molecule has 1 atom stereocenters. The number of nitrogens with zero attached hydrogens (tertiary/aromatic N) is 5. The van der Waals surface area contributed by atoms with Crippen LogP contribution in [0, 0.1) is 0 Å². The van der Waals surface area contributed by atoms with Crippen LogP contribution in [0.5, 0.6) is 0 Å². The van der Waals surface area contributed by atoms with E-state index in [0.717, 1.165) is 27.2 Å². The van der Waals surface area contributed by atoms with E-state index in [0.29, 0.717) is 70.2 Å². The number of sulfone groups is 2. The molecule has 3 N–H and O–H groups in total. The molecule has 4 aromatic heterocycles. The van der Waals surface area contributed by atoms with Crippen molar-refractivity contribution in [1.82, 2.24) is 10.2 Å². The summed E-state index contributed by atoms with van der Waals surface area (Å²) < 4.78 is 117. The van der Waals surface area contributed by atoms with Gasteiger partial charge in [0.15, 0.2) is 37.2 Å². The first-order valence-corrected chi connectivity index (χ1v) is 25.4. The van der Waals surface area contributed by atoms with E-state index in [-0.39, 0.29) is 23.0 Å². The van der Waals surface area contributed by atoms with Gasteiger partial charge in [0, 0.05) is 86.2 Å². The Morgan fingerprint density at radius 1 is 0.596 bits per heavy atom. The van der Waals surface area contributed by atoms with Gasteiger partial charge in [-0.15, -0.1) is 10.2 Å². The van der Waals surface area contributed by atoms with Gasteiger partial charge < -0.3 is 9.32 Å². The topological polar surface area (TPSA) is 232 Å². The van der Waals surface area contributed by atoms with Gasteiger partial charge in [0.25, 0.3) is 20.2 Å². The summed E-state index contributed by atoms with van der Waals surface area (Å²) in [7, 11) is -13.7. The second-order valence-corrected chi connectivity index (χ2v) is 21.4. The molecule has 1 unspecified atom stereocenters. The van der Waals surface area contributed by atoms with Crippen molar-refractivity contribution in [2.45, 2.75) is 45.3 Å². The van der Waals surface area contributed by atoms with Crippen LogP contribution in [0.2, 0.25) is 0 Å². The van der Waals surface area contributed by atoms with E-state index in [1.54, 1.807) is 0 Å². The lowest BCUT2D eigenvalue weighted by atomic mass is 10.1. The summed E-state index contributed by atoms with van der Waals surface area (Å²) in [6.45, 7) is 2.99. The first-order chi connectivity index (χ1) is 26.7. The summed E-state index contributed by atoms with van der Waals surface area (Å²) in [6.07, 6.45) is 21.3. The van der Waals surface area contributed by atoms with E-state index in [9.17, 15) is 33.7 Å². The van der Waals surface area contributed by atoms with E-state index in [1.807, 2.05) is 106 Å². The van der Waals surface area contributed by atoms with Crippen LogP contribution in [0.4, 0.5) is 0 Å². The molecule has 0 saturated carbocycles. The fraction of sp³-hybridized carbons (Fsp3) is 0.417. The van der Waals surface area contributed by atoms with E-state index in [2.05, 4.69) is 10.2 Å². The first kappa shape index (κ1) is 45.5. The maximum Gasteiger partial charge on any atom is 0.265 e. The van der Waals surface area contributed by atoms with Crippen LogP contribution in [0.15, 0.2) is 96.3 Å².